The van der Waals surface area contributed by atoms with Crippen molar-refractivity contribution in [2.75, 3.05) is 10.2 Å². The molecule has 0 aromatic heterocycles. The Bertz CT molecular complexity index is 941. The second-order valence-electron chi connectivity index (χ2n) is 7.43. The first-order valence-corrected chi connectivity index (χ1v) is 8.62. The summed E-state index contributed by atoms with van der Waals surface area (Å²) in [7, 11) is 0. The van der Waals surface area contributed by atoms with Gasteiger partial charge < -0.3 is 10.1 Å². The van der Waals surface area contributed by atoms with E-state index < -0.39 is 46.8 Å². The molecule has 28 heavy (non-hydrogen) atoms. The molecular formula is C20H19F3N2O3. The molecule has 0 spiro atoms. The number of anilines is 2. The lowest BCUT2D eigenvalue weighted by Gasteiger charge is -2.28. The number of fused-ring (bicyclic) bond motifs is 1. The summed E-state index contributed by atoms with van der Waals surface area (Å²) < 4.78 is 45.8. The lowest BCUT2D eigenvalue weighted by atomic mass is 10.1. The zero-order chi connectivity index (χ0) is 20.6. The van der Waals surface area contributed by atoms with Crippen LogP contribution in [-0.4, -0.2) is 23.6 Å². The number of hydrogen-bond acceptors (Lipinski definition) is 3. The summed E-state index contributed by atoms with van der Waals surface area (Å²) in [5, 5.41) is 2.23. The zero-order valence-corrected chi connectivity index (χ0v) is 15.6. The van der Waals surface area contributed by atoms with Gasteiger partial charge in [0.25, 0.3) is 0 Å². The average Bonchev–Trinajstić information content (AvgIpc) is 2.98. The Balaban J connectivity index is 1.90. The van der Waals surface area contributed by atoms with Crippen LogP contribution in [0.5, 0.6) is 0 Å². The van der Waals surface area contributed by atoms with Crippen LogP contribution in [0, 0.1) is 17.5 Å². The van der Waals surface area contributed by atoms with Gasteiger partial charge in [-0.05, 0) is 32.4 Å². The summed E-state index contributed by atoms with van der Waals surface area (Å²) in [4.78, 5) is 26.7. The van der Waals surface area contributed by atoms with Crippen molar-refractivity contribution >= 4 is 23.4 Å². The highest BCUT2D eigenvalue weighted by atomic mass is 19.2. The molecule has 2 aromatic rings. The molecule has 1 aliphatic rings. The van der Waals surface area contributed by atoms with Crippen molar-refractivity contribution < 1.29 is 27.5 Å². The van der Waals surface area contributed by atoms with Crippen LogP contribution in [0.1, 0.15) is 26.3 Å². The maximum atomic E-state index is 13.9. The van der Waals surface area contributed by atoms with E-state index in [1.807, 2.05) is 0 Å². The van der Waals surface area contributed by atoms with E-state index >= 15 is 0 Å². The number of rotatable bonds is 2. The van der Waals surface area contributed by atoms with Gasteiger partial charge in [-0.3, -0.25) is 9.69 Å². The molecule has 8 heteroatoms. The van der Waals surface area contributed by atoms with Gasteiger partial charge in [-0.15, -0.1) is 0 Å². The van der Waals surface area contributed by atoms with Crippen LogP contribution in [0.2, 0.25) is 0 Å². The molecule has 0 bridgehead atoms. The molecule has 0 saturated carbocycles. The molecule has 0 aliphatic carbocycles. The number of hydrogen-bond donors (Lipinski definition) is 1. The number of carbonyl (C=O) groups excluding carboxylic acids is 2. The van der Waals surface area contributed by atoms with Gasteiger partial charge in [0.05, 0.1) is 11.4 Å². The van der Waals surface area contributed by atoms with E-state index in [0.717, 1.165) is 5.56 Å². The number of carbonyl (C=O) groups is 2. The smallest absolute Gasteiger partial charge is 0.415 e. The van der Waals surface area contributed by atoms with E-state index in [-0.39, 0.29) is 6.42 Å². The first-order valence-electron chi connectivity index (χ1n) is 8.62. The summed E-state index contributed by atoms with van der Waals surface area (Å²) in [5.74, 6) is -4.52. The van der Waals surface area contributed by atoms with Gasteiger partial charge >= 0.3 is 6.09 Å². The number of ether oxygens (including phenoxy) is 1. The Morgan fingerprint density at radius 2 is 1.71 bits per heavy atom. The van der Waals surface area contributed by atoms with Crippen molar-refractivity contribution in [3.63, 3.8) is 0 Å². The van der Waals surface area contributed by atoms with Crippen molar-refractivity contribution in [2.24, 2.45) is 0 Å². The number of amides is 2. The minimum Gasteiger partial charge on any atom is -0.443 e. The van der Waals surface area contributed by atoms with Gasteiger partial charge in [-0.1, -0.05) is 18.2 Å². The Morgan fingerprint density at radius 1 is 1.07 bits per heavy atom. The van der Waals surface area contributed by atoms with Crippen molar-refractivity contribution in [1.29, 1.82) is 0 Å². The fraction of sp³-hybridized carbons (Fsp3) is 0.300. The molecule has 1 atom stereocenters. The van der Waals surface area contributed by atoms with E-state index in [1.54, 1.807) is 45.0 Å². The predicted octanol–water partition coefficient (Wildman–Crippen LogP) is 4.41. The number of halogens is 3. The van der Waals surface area contributed by atoms with Crippen molar-refractivity contribution in [2.45, 2.75) is 38.8 Å². The summed E-state index contributed by atoms with van der Waals surface area (Å²) in [6.45, 7) is 5.08. The summed E-state index contributed by atoms with van der Waals surface area (Å²) >= 11 is 0. The van der Waals surface area contributed by atoms with Crippen molar-refractivity contribution in [3.8, 4) is 0 Å². The van der Waals surface area contributed by atoms with Gasteiger partial charge in [0.15, 0.2) is 11.6 Å². The Morgan fingerprint density at radius 3 is 2.39 bits per heavy atom. The number of para-hydroxylation sites is 1. The van der Waals surface area contributed by atoms with Crippen molar-refractivity contribution in [1.82, 2.24) is 0 Å². The van der Waals surface area contributed by atoms with Gasteiger partial charge in [0.1, 0.15) is 17.5 Å². The molecule has 0 radical (unpaired) electrons. The first kappa shape index (κ1) is 19.7. The molecule has 0 saturated heterocycles. The van der Waals surface area contributed by atoms with Crippen LogP contribution in [0.25, 0.3) is 0 Å². The quantitative estimate of drug-likeness (QED) is 0.771. The maximum Gasteiger partial charge on any atom is 0.415 e. The molecule has 0 unspecified atom stereocenters. The fourth-order valence-corrected chi connectivity index (χ4v) is 2.97. The topological polar surface area (TPSA) is 58.6 Å². The molecule has 5 nitrogen and oxygen atoms in total. The normalized spacial score (nSPS) is 15.9. The third-order valence-electron chi connectivity index (χ3n) is 4.14. The largest absolute Gasteiger partial charge is 0.443 e. The molecule has 1 aliphatic heterocycles. The standard InChI is InChI=1S/C20H19F3N2O3/c1-20(2,3)28-19(27)25-16-7-5-4-6-11(16)8-17(25)18(26)24-15-10-13(22)12(21)9-14(15)23/h4-7,9-10,17H,8H2,1-3H3,(H,24,26)/t17-/m0/s1. The molecule has 2 amide bonds. The van der Waals surface area contributed by atoms with Crippen LogP contribution < -0.4 is 10.2 Å². The number of benzene rings is 2. The maximum absolute atomic E-state index is 13.9. The van der Waals surface area contributed by atoms with Crippen LogP contribution >= 0.6 is 0 Å². The van der Waals surface area contributed by atoms with Crippen LogP contribution in [0.4, 0.5) is 29.3 Å². The van der Waals surface area contributed by atoms with E-state index in [0.29, 0.717) is 17.8 Å². The Hall–Kier alpha value is -3.03. The second kappa shape index (κ2) is 7.18. The third-order valence-corrected chi connectivity index (χ3v) is 4.14. The lowest BCUT2D eigenvalue weighted by Crippen LogP contribution is -2.47. The monoisotopic (exact) mass is 392 g/mol. The Labute approximate surface area is 160 Å². The SMILES string of the molecule is CC(C)(C)OC(=O)N1c2ccccc2C[C@H]1C(=O)Nc1cc(F)c(F)cc1F. The molecule has 1 heterocycles. The summed E-state index contributed by atoms with van der Waals surface area (Å²) in [6.07, 6.45) is -0.560. The van der Waals surface area contributed by atoms with Gasteiger partial charge in [0, 0.05) is 18.6 Å². The van der Waals surface area contributed by atoms with Crippen LogP contribution in [0.3, 0.4) is 0 Å². The molecule has 0 fully saturated rings. The minimum absolute atomic E-state index is 0.173. The van der Waals surface area contributed by atoms with E-state index in [2.05, 4.69) is 5.32 Å². The van der Waals surface area contributed by atoms with E-state index in [1.165, 1.54) is 4.90 Å². The highest BCUT2D eigenvalue weighted by molar-refractivity contribution is 6.05. The van der Waals surface area contributed by atoms with Gasteiger partial charge in [0.2, 0.25) is 5.91 Å². The van der Waals surface area contributed by atoms with Gasteiger partial charge in [-0.25, -0.2) is 18.0 Å². The predicted molar refractivity (Wildman–Crippen MR) is 97.6 cm³/mol. The number of nitrogens with one attached hydrogen (secondary N) is 1. The zero-order valence-electron chi connectivity index (χ0n) is 15.6. The van der Waals surface area contributed by atoms with Crippen molar-refractivity contribution in [3.05, 3.63) is 59.4 Å². The number of nitrogens with zero attached hydrogens (tertiary/aromatic N) is 1. The molecule has 1 N–H and O–H groups in total. The average molecular weight is 392 g/mol. The lowest BCUT2D eigenvalue weighted by molar-refractivity contribution is -0.117. The molecule has 148 valence electrons. The van der Waals surface area contributed by atoms with Crippen LogP contribution in [0.15, 0.2) is 36.4 Å². The third kappa shape index (κ3) is 3.95. The summed E-state index contributed by atoms with van der Waals surface area (Å²) in [5.41, 5.74) is -0.0621. The molecular weight excluding hydrogens is 373 g/mol. The highest BCUT2D eigenvalue weighted by Gasteiger charge is 2.40. The molecule has 3 rings (SSSR count). The van der Waals surface area contributed by atoms with Crippen LogP contribution in [-0.2, 0) is 16.0 Å². The minimum atomic E-state index is -1.36. The van der Waals surface area contributed by atoms with E-state index in [4.69, 9.17) is 4.74 Å². The Kier molecular flexibility index (Phi) is 5.06. The fourth-order valence-electron chi connectivity index (χ4n) is 2.97. The van der Waals surface area contributed by atoms with Gasteiger partial charge in [-0.2, -0.15) is 0 Å². The highest BCUT2D eigenvalue weighted by Crippen LogP contribution is 2.34. The second-order valence-corrected chi connectivity index (χ2v) is 7.43. The molecule has 2 aromatic carbocycles. The van der Waals surface area contributed by atoms with E-state index in [9.17, 15) is 22.8 Å². The summed E-state index contributed by atoms with van der Waals surface area (Å²) in [6, 6.07) is 6.79. The first-order chi connectivity index (χ1) is 13.1.